The van der Waals surface area contributed by atoms with Crippen LogP contribution in [0, 0.1) is 0 Å². The van der Waals surface area contributed by atoms with Gasteiger partial charge in [0.25, 0.3) is 0 Å². The lowest BCUT2D eigenvalue weighted by molar-refractivity contribution is -0.274. The van der Waals surface area contributed by atoms with E-state index in [1.54, 1.807) is 0 Å². The molecule has 7 heteroatoms. The van der Waals surface area contributed by atoms with Crippen LogP contribution in [0.5, 0.6) is 5.75 Å². The molecule has 94 valence electrons. The lowest BCUT2D eigenvalue weighted by atomic mass is 10.3. The molecule has 1 aromatic heterocycles. The summed E-state index contributed by atoms with van der Waals surface area (Å²) in [6.07, 6.45) is -3.58. The van der Waals surface area contributed by atoms with Crippen molar-refractivity contribution in [2.45, 2.75) is 6.36 Å². The van der Waals surface area contributed by atoms with Crippen LogP contribution in [0.1, 0.15) is 0 Å². The van der Waals surface area contributed by atoms with Crippen LogP contribution in [0.25, 0.3) is 0 Å². The van der Waals surface area contributed by atoms with E-state index in [0.717, 1.165) is 32.4 Å². The molecule has 1 aliphatic heterocycles. The van der Waals surface area contributed by atoms with Crippen LogP contribution >= 0.6 is 0 Å². The lowest BCUT2D eigenvalue weighted by Gasteiger charge is -2.28. The molecular formula is C10H12F3N3O. The molecule has 1 saturated heterocycles. The molecule has 0 aliphatic carbocycles. The summed E-state index contributed by atoms with van der Waals surface area (Å²) in [6, 6.07) is 2.81. The minimum atomic E-state index is -4.67. The van der Waals surface area contributed by atoms with Gasteiger partial charge in [-0.2, -0.15) is 0 Å². The van der Waals surface area contributed by atoms with Crippen molar-refractivity contribution in [2.75, 3.05) is 31.1 Å². The maximum absolute atomic E-state index is 11.9. The molecule has 0 saturated carbocycles. The van der Waals surface area contributed by atoms with E-state index in [2.05, 4.69) is 15.0 Å². The fourth-order valence-electron chi connectivity index (χ4n) is 1.65. The van der Waals surface area contributed by atoms with Crippen LogP contribution < -0.4 is 15.0 Å². The Morgan fingerprint density at radius 2 is 1.94 bits per heavy atom. The van der Waals surface area contributed by atoms with Gasteiger partial charge < -0.3 is 15.0 Å². The van der Waals surface area contributed by atoms with Crippen LogP contribution in [0.2, 0.25) is 0 Å². The minimum absolute atomic E-state index is 0.295. The fourth-order valence-corrected chi connectivity index (χ4v) is 1.65. The summed E-state index contributed by atoms with van der Waals surface area (Å²) in [5, 5.41) is 3.18. The molecule has 0 radical (unpaired) electrons. The van der Waals surface area contributed by atoms with E-state index < -0.39 is 6.36 Å². The average Bonchev–Trinajstić information content (AvgIpc) is 2.29. The van der Waals surface area contributed by atoms with Gasteiger partial charge in [0, 0.05) is 26.2 Å². The zero-order chi connectivity index (χ0) is 12.3. The maximum atomic E-state index is 11.9. The number of rotatable bonds is 2. The highest BCUT2D eigenvalue weighted by molar-refractivity contribution is 5.41. The minimum Gasteiger partial charge on any atom is -0.404 e. The molecule has 4 nitrogen and oxygen atoms in total. The number of pyridine rings is 1. The van der Waals surface area contributed by atoms with Crippen molar-refractivity contribution in [3.8, 4) is 5.75 Å². The Balaban J connectivity index is 2.02. The summed E-state index contributed by atoms with van der Waals surface area (Å²) in [5.74, 6) is 0.373. The van der Waals surface area contributed by atoms with Gasteiger partial charge in [0.1, 0.15) is 11.6 Å². The van der Waals surface area contributed by atoms with E-state index in [-0.39, 0.29) is 5.75 Å². The van der Waals surface area contributed by atoms with E-state index in [1.165, 1.54) is 12.1 Å². The fraction of sp³-hybridized carbons (Fsp3) is 0.500. The summed E-state index contributed by atoms with van der Waals surface area (Å²) in [6.45, 7) is 3.30. The highest BCUT2D eigenvalue weighted by Crippen LogP contribution is 2.23. The summed E-state index contributed by atoms with van der Waals surface area (Å²) in [4.78, 5) is 5.97. The summed E-state index contributed by atoms with van der Waals surface area (Å²) in [5.41, 5.74) is 0. The smallest absolute Gasteiger partial charge is 0.404 e. The lowest BCUT2D eigenvalue weighted by Crippen LogP contribution is -2.43. The topological polar surface area (TPSA) is 37.4 Å². The average molecular weight is 247 g/mol. The van der Waals surface area contributed by atoms with E-state index in [1.807, 2.05) is 4.90 Å². The van der Waals surface area contributed by atoms with Crippen molar-refractivity contribution >= 4 is 5.82 Å². The van der Waals surface area contributed by atoms with E-state index >= 15 is 0 Å². The van der Waals surface area contributed by atoms with Gasteiger partial charge in [0.15, 0.2) is 0 Å². The maximum Gasteiger partial charge on any atom is 0.573 e. The van der Waals surface area contributed by atoms with Crippen LogP contribution in [-0.2, 0) is 0 Å². The van der Waals surface area contributed by atoms with Gasteiger partial charge in [-0.05, 0) is 12.1 Å². The van der Waals surface area contributed by atoms with Gasteiger partial charge in [-0.25, -0.2) is 4.98 Å². The number of halogens is 3. The number of aromatic nitrogens is 1. The second-order valence-electron chi connectivity index (χ2n) is 3.64. The SMILES string of the molecule is FC(F)(F)Oc1ccc(N2CCNCC2)nc1. The largest absolute Gasteiger partial charge is 0.573 e. The molecule has 1 fully saturated rings. The number of hydrogen-bond donors (Lipinski definition) is 1. The molecule has 1 aliphatic rings. The predicted molar refractivity (Wildman–Crippen MR) is 56.0 cm³/mol. The summed E-state index contributed by atoms with van der Waals surface area (Å²) in [7, 11) is 0. The van der Waals surface area contributed by atoms with Gasteiger partial charge in [-0.15, -0.1) is 13.2 Å². The number of nitrogens with one attached hydrogen (secondary N) is 1. The standard InChI is InChI=1S/C10H12F3N3O/c11-10(12,13)17-8-1-2-9(15-7-8)16-5-3-14-4-6-16/h1-2,7,14H,3-6H2. The molecule has 0 atom stereocenters. The Kier molecular flexibility index (Phi) is 3.37. The Morgan fingerprint density at radius 3 is 2.47 bits per heavy atom. The van der Waals surface area contributed by atoms with Gasteiger partial charge >= 0.3 is 6.36 Å². The Labute approximate surface area is 96.4 Å². The van der Waals surface area contributed by atoms with Gasteiger partial charge in [-0.1, -0.05) is 0 Å². The van der Waals surface area contributed by atoms with Crippen molar-refractivity contribution in [1.82, 2.24) is 10.3 Å². The first-order chi connectivity index (χ1) is 8.04. The quantitative estimate of drug-likeness (QED) is 0.857. The van der Waals surface area contributed by atoms with Crippen molar-refractivity contribution < 1.29 is 17.9 Å². The Bertz CT molecular complexity index is 360. The zero-order valence-corrected chi connectivity index (χ0v) is 9.00. The second kappa shape index (κ2) is 4.79. The molecule has 1 aromatic rings. The van der Waals surface area contributed by atoms with Crippen molar-refractivity contribution in [2.24, 2.45) is 0 Å². The molecule has 2 heterocycles. The molecule has 0 aromatic carbocycles. The molecule has 0 bridgehead atoms. The molecule has 2 rings (SSSR count). The molecule has 1 N–H and O–H groups in total. The van der Waals surface area contributed by atoms with Crippen LogP contribution in [0.4, 0.5) is 19.0 Å². The highest BCUT2D eigenvalue weighted by Gasteiger charge is 2.31. The van der Waals surface area contributed by atoms with Gasteiger partial charge in [0.2, 0.25) is 0 Å². The zero-order valence-electron chi connectivity index (χ0n) is 9.00. The first-order valence-electron chi connectivity index (χ1n) is 5.22. The van der Waals surface area contributed by atoms with Crippen LogP contribution in [0.15, 0.2) is 18.3 Å². The van der Waals surface area contributed by atoms with E-state index in [9.17, 15) is 13.2 Å². The van der Waals surface area contributed by atoms with Crippen LogP contribution in [0.3, 0.4) is 0 Å². The van der Waals surface area contributed by atoms with Gasteiger partial charge in [-0.3, -0.25) is 0 Å². The van der Waals surface area contributed by atoms with Crippen LogP contribution in [-0.4, -0.2) is 37.5 Å². The molecular weight excluding hydrogens is 235 g/mol. The third-order valence-corrected chi connectivity index (χ3v) is 2.40. The third-order valence-electron chi connectivity index (χ3n) is 2.40. The molecule has 0 spiro atoms. The number of alkyl halides is 3. The molecule has 17 heavy (non-hydrogen) atoms. The van der Waals surface area contributed by atoms with Crippen molar-refractivity contribution in [3.05, 3.63) is 18.3 Å². The summed E-state index contributed by atoms with van der Waals surface area (Å²) < 4.78 is 39.5. The Morgan fingerprint density at radius 1 is 1.24 bits per heavy atom. The normalized spacial score (nSPS) is 17.0. The predicted octanol–water partition coefficient (Wildman–Crippen LogP) is 1.39. The number of hydrogen-bond acceptors (Lipinski definition) is 4. The van der Waals surface area contributed by atoms with Crippen molar-refractivity contribution in [1.29, 1.82) is 0 Å². The van der Waals surface area contributed by atoms with E-state index in [4.69, 9.17) is 0 Å². The third kappa shape index (κ3) is 3.48. The number of piperazine rings is 1. The molecule has 0 unspecified atom stereocenters. The van der Waals surface area contributed by atoms with Crippen molar-refractivity contribution in [3.63, 3.8) is 0 Å². The number of ether oxygens (including phenoxy) is 1. The number of anilines is 1. The first-order valence-corrected chi connectivity index (χ1v) is 5.22. The first kappa shape index (κ1) is 12.0. The number of nitrogens with zero attached hydrogens (tertiary/aromatic N) is 2. The summed E-state index contributed by atoms with van der Waals surface area (Å²) >= 11 is 0. The van der Waals surface area contributed by atoms with Gasteiger partial charge in [0.05, 0.1) is 6.20 Å². The molecule has 0 amide bonds. The highest BCUT2D eigenvalue weighted by atomic mass is 19.4. The van der Waals surface area contributed by atoms with E-state index in [0.29, 0.717) is 5.82 Å². The Hall–Kier alpha value is -1.50. The second-order valence-corrected chi connectivity index (χ2v) is 3.64. The monoisotopic (exact) mass is 247 g/mol.